The third-order valence-corrected chi connectivity index (χ3v) is 7.70. The molecule has 1 aromatic rings. The third-order valence-electron chi connectivity index (χ3n) is 3.08. The number of nitrogens with zero attached hydrogens (tertiary/aromatic N) is 2. The van der Waals surface area contributed by atoms with Crippen molar-refractivity contribution in [3.63, 3.8) is 0 Å². The first-order valence-electron chi connectivity index (χ1n) is 5.89. The fourth-order valence-electron chi connectivity index (χ4n) is 1.93. The molecule has 1 N–H and O–H groups in total. The predicted molar refractivity (Wildman–Crippen MR) is 76.5 cm³/mol. The van der Waals surface area contributed by atoms with Gasteiger partial charge in [-0.3, -0.25) is 0 Å². The van der Waals surface area contributed by atoms with Gasteiger partial charge in [0.1, 0.15) is 4.21 Å². The van der Waals surface area contributed by atoms with Crippen molar-refractivity contribution in [3.8, 4) is 0 Å². The molecule has 0 spiro atoms. The van der Waals surface area contributed by atoms with E-state index in [2.05, 4.69) is 0 Å². The summed E-state index contributed by atoms with van der Waals surface area (Å²) in [5.41, 5.74) is -0.0756. The van der Waals surface area contributed by atoms with E-state index in [1.807, 2.05) is 0 Å². The molecule has 2 heterocycles. The molecule has 0 saturated carbocycles. The zero-order valence-electron chi connectivity index (χ0n) is 11.1. The number of rotatable bonds is 4. The van der Waals surface area contributed by atoms with Crippen LogP contribution in [0.15, 0.2) is 15.7 Å². The SMILES string of the molecule is CS(=O)(=O)N1CCN(S(=O)(=O)c2cc(C(=O)O)cs2)CC1. The Labute approximate surface area is 126 Å². The highest BCUT2D eigenvalue weighted by molar-refractivity contribution is 7.91. The lowest BCUT2D eigenvalue weighted by Crippen LogP contribution is -2.50. The molecule has 0 unspecified atom stereocenters. The van der Waals surface area contributed by atoms with Crippen molar-refractivity contribution in [3.05, 3.63) is 17.0 Å². The van der Waals surface area contributed by atoms with Crippen molar-refractivity contribution in [2.24, 2.45) is 0 Å². The summed E-state index contributed by atoms with van der Waals surface area (Å²) in [6.07, 6.45) is 1.08. The van der Waals surface area contributed by atoms with E-state index < -0.39 is 26.0 Å². The number of carboxylic acid groups (broad SMARTS) is 1. The Balaban J connectivity index is 2.16. The van der Waals surface area contributed by atoms with Crippen molar-refractivity contribution >= 4 is 37.4 Å². The highest BCUT2D eigenvalue weighted by atomic mass is 32.2. The lowest BCUT2D eigenvalue weighted by atomic mass is 10.4. The second-order valence-electron chi connectivity index (χ2n) is 4.53. The van der Waals surface area contributed by atoms with E-state index in [1.165, 1.54) is 14.0 Å². The zero-order chi connectivity index (χ0) is 15.8. The molecule has 1 aliphatic heterocycles. The van der Waals surface area contributed by atoms with Crippen LogP contribution in [0.5, 0.6) is 0 Å². The Morgan fingerprint density at radius 1 is 1.14 bits per heavy atom. The van der Waals surface area contributed by atoms with Crippen LogP contribution in [0.2, 0.25) is 0 Å². The largest absolute Gasteiger partial charge is 0.478 e. The summed E-state index contributed by atoms with van der Waals surface area (Å²) in [5.74, 6) is -1.19. The number of piperazine rings is 1. The minimum absolute atomic E-state index is 0.0484. The summed E-state index contributed by atoms with van der Waals surface area (Å²) in [6.45, 7) is 0.288. The fraction of sp³-hybridized carbons (Fsp3) is 0.500. The van der Waals surface area contributed by atoms with Gasteiger partial charge in [-0.05, 0) is 6.07 Å². The third kappa shape index (κ3) is 3.43. The Bertz CT molecular complexity index is 744. The molecule has 0 atom stereocenters. The van der Waals surface area contributed by atoms with Crippen molar-refractivity contribution in [1.82, 2.24) is 8.61 Å². The van der Waals surface area contributed by atoms with Crippen molar-refractivity contribution in [2.75, 3.05) is 32.4 Å². The Hall–Kier alpha value is -1.01. The molecule has 1 aromatic heterocycles. The van der Waals surface area contributed by atoms with Gasteiger partial charge in [-0.2, -0.15) is 8.61 Å². The van der Waals surface area contributed by atoms with Gasteiger partial charge >= 0.3 is 5.97 Å². The second kappa shape index (κ2) is 5.65. The Morgan fingerprint density at radius 2 is 1.67 bits per heavy atom. The minimum Gasteiger partial charge on any atom is -0.478 e. The molecule has 118 valence electrons. The average Bonchev–Trinajstić information content (AvgIpc) is 2.88. The van der Waals surface area contributed by atoms with Crippen molar-refractivity contribution in [2.45, 2.75) is 4.21 Å². The second-order valence-corrected chi connectivity index (χ2v) is 9.58. The van der Waals surface area contributed by atoms with Gasteiger partial charge in [-0.25, -0.2) is 21.6 Å². The van der Waals surface area contributed by atoms with E-state index in [-0.39, 0.29) is 36.0 Å². The van der Waals surface area contributed by atoms with Crippen LogP contribution in [0.1, 0.15) is 10.4 Å². The topological polar surface area (TPSA) is 112 Å². The molecule has 21 heavy (non-hydrogen) atoms. The van der Waals surface area contributed by atoms with E-state index in [4.69, 9.17) is 5.11 Å². The molecule has 0 aliphatic carbocycles. The number of carboxylic acids is 1. The van der Waals surface area contributed by atoms with E-state index >= 15 is 0 Å². The maximum Gasteiger partial charge on any atom is 0.336 e. The summed E-state index contributed by atoms with van der Waals surface area (Å²) >= 11 is 0.842. The molecular formula is C10H14N2O6S3. The lowest BCUT2D eigenvalue weighted by Gasteiger charge is -2.32. The molecule has 1 fully saturated rings. The standard InChI is InChI=1S/C10H14N2O6S3/c1-20(15,16)11-2-4-12(5-3-11)21(17,18)9-6-8(7-19-9)10(13)14/h6-7H,2-5H2,1H3,(H,13,14). The highest BCUT2D eigenvalue weighted by Crippen LogP contribution is 2.25. The average molecular weight is 354 g/mol. The number of sulfonamides is 2. The van der Waals surface area contributed by atoms with Crippen LogP contribution in [0.25, 0.3) is 0 Å². The van der Waals surface area contributed by atoms with Gasteiger partial charge in [0.05, 0.1) is 11.8 Å². The molecule has 0 radical (unpaired) electrons. The molecule has 0 aromatic carbocycles. The van der Waals surface area contributed by atoms with Crippen LogP contribution < -0.4 is 0 Å². The normalized spacial score (nSPS) is 18.7. The number of carbonyl (C=O) groups is 1. The van der Waals surface area contributed by atoms with Crippen LogP contribution in [0.3, 0.4) is 0 Å². The zero-order valence-corrected chi connectivity index (χ0v) is 13.5. The van der Waals surface area contributed by atoms with Gasteiger partial charge in [0.15, 0.2) is 0 Å². The summed E-state index contributed by atoms with van der Waals surface area (Å²) in [4.78, 5) is 10.8. The van der Waals surface area contributed by atoms with E-state index in [0.29, 0.717) is 0 Å². The van der Waals surface area contributed by atoms with Gasteiger partial charge in [0.2, 0.25) is 10.0 Å². The smallest absolute Gasteiger partial charge is 0.336 e. The number of aromatic carboxylic acids is 1. The van der Waals surface area contributed by atoms with Gasteiger partial charge in [-0.1, -0.05) is 0 Å². The van der Waals surface area contributed by atoms with E-state index in [0.717, 1.165) is 23.7 Å². The molecule has 0 bridgehead atoms. The predicted octanol–water partition coefficient (Wildman–Crippen LogP) is -0.288. The van der Waals surface area contributed by atoms with Gasteiger partial charge < -0.3 is 5.11 Å². The van der Waals surface area contributed by atoms with Crippen LogP contribution in [0.4, 0.5) is 0 Å². The Morgan fingerprint density at radius 3 is 2.10 bits per heavy atom. The molecular weight excluding hydrogens is 340 g/mol. The quantitative estimate of drug-likeness (QED) is 0.795. The van der Waals surface area contributed by atoms with E-state index in [1.54, 1.807) is 0 Å². The van der Waals surface area contributed by atoms with Crippen LogP contribution in [-0.2, 0) is 20.0 Å². The number of hydrogen-bond donors (Lipinski definition) is 1. The molecule has 1 aliphatic rings. The molecule has 1 saturated heterocycles. The van der Waals surface area contributed by atoms with Gasteiger partial charge in [0, 0.05) is 31.6 Å². The summed E-state index contributed by atoms with van der Waals surface area (Å²) < 4.78 is 49.8. The monoisotopic (exact) mass is 354 g/mol. The first-order chi connectivity index (χ1) is 9.62. The summed E-state index contributed by atoms with van der Waals surface area (Å²) in [5, 5.41) is 10.1. The lowest BCUT2D eigenvalue weighted by molar-refractivity contribution is 0.0697. The minimum atomic E-state index is -3.78. The maximum atomic E-state index is 12.4. The first kappa shape index (κ1) is 16.4. The van der Waals surface area contributed by atoms with Gasteiger partial charge in [0.25, 0.3) is 10.0 Å². The first-order valence-corrected chi connectivity index (χ1v) is 10.1. The number of hydrogen-bond acceptors (Lipinski definition) is 6. The Kier molecular flexibility index (Phi) is 4.40. The molecule has 11 heteroatoms. The van der Waals surface area contributed by atoms with Crippen molar-refractivity contribution < 1.29 is 26.7 Å². The van der Waals surface area contributed by atoms with E-state index in [9.17, 15) is 21.6 Å². The highest BCUT2D eigenvalue weighted by Gasteiger charge is 2.32. The molecule has 8 nitrogen and oxygen atoms in total. The van der Waals surface area contributed by atoms with Gasteiger partial charge in [-0.15, -0.1) is 11.3 Å². The molecule has 2 rings (SSSR count). The summed E-state index contributed by atoms with van der Waals surface area (Å²) in [6, 6.07) is 1.12. The van der Waals surface area contributed by atoms with Crippen LogP contribution in [-0.4, -0.2) is 69.0 Å². The summed E-state index contributed by atoms with van der Waals surface area (Å²) in [7, 11) is -7.11. The van der Waals surface area contributed by atoms with Crippen LogP contribution >= 0.6 is 11.3 Å². The fourth-order valence-corrected chi connectivity index (χ4v) is 5.49. The van der Waals surface area contributed by atoms with Crippen molar-refractivity contribution in [1.29, 1.82) is 0 Å². The maximum absolute atomic E-state index is 12.4. The van der Waals surface area contributed by atoms with Crippen LogP contribution in [0, 0.1) is 0 Å². The molecule has 0 amide bonds. The number of thiophene rings is 1.